The molecule has 2 fully saturated rings. The molecule has 2 N–H and O–H groups in total. The van der Waals surface area contributed by atoms with Gasteiger partial charge in [0.05, 0.1) is 0 Å². The van der Waals surface area contributed by atoms with Crippen molar-refractivity contribution >= 4 is 23.2 Å². The van der Waals surface area contributed by atoms with Crippen molar-refractivity contribution in [1.29, 1.82) is 0 Å². The van der Waals surface area contributed by atoms with E-state index >= 15 is 0 Å². The highest BCUT2D eigenvalue weighted by atomic mass is 16.2. The molecule has 5 heteroatoms. The van der Waals surface area contributed by atoms with Crippen LogP contribution in [0.4, 0.5) is 11.4 Å². The minimum absolute atomic E-state index is 0.107. The highest BCUT2D eigenvalue weighted by Gasteiger charge is 2.35. The number of nitrogens with one attached hydrogen (secondary N) is 2. The fraction of sp³-hybridized carbons (Fsp3) is 0.579. The van der Waals surface area contributed by atoms with Crippen LogP contribution in [0.2, 0.25) is 0 Å². The Balaban J connectivity index is 1.48. The zero-order chi connectivity index (χ0) is 16.5. The van der Waals surface area contributed by atoms with E-state index in [0.717, 1.165) is 69.5 Å². The Morgan fingerprint density at radius 1 is 1.08 bits per heavy atom. The Kier molecular flexibility index (Phi) is 4.27. The van der Waals surface area contributed by atoms with E-state index in [1.807, 2.05) is 17.0 Å². The second kappa shape index (κ2) is 6.55. The van der Waals surface area contributed by atoms with Gasteiger partial charge >= 0.3 is 0 Å². The van der Waals surface area contributed by atoms with Crippen molar-refractivity contribution < 1.29 is 9.59 Å². The van der Waals surface area contributed by atoms with Gasteiger partial charge in [0.1, 0.15) is 0 Å². The molecule has 3 aliphatic rings. The van der Waals surface area contributed by atoms with Gasteiger partial charge in [-0.15, -0.1) is 0 Å². The first-order valence-electron chi connectivity index (χ1n) is 9.18. The molecule has 1 saturated carbocycles. The Morgan fingerprint density at radius 3 is 2.62 bits per heavy atom. The number of nitrogens with zero attached hydrogens (tertiary/aromatic N) is 1. The van der Waals surface area contributed by atoms with E-state index in [0.29, 0.717) is 0 Å². The maximum absolute atomic E-state index is 12.4. The maximum atomic E-state index is 12.4. The molecule has 128 valence electrons. The molecule has 1 aromatic rings. The van der Waals surface area contributed by atoms with Crippen molar-refractivity contribution in [3.05, 3.63) is 23.8 Å². The number of hydrogen-bond donors (Lipinski definition) is 2. The lowest BCUT2D eigenvalue weighted by Gasteiger charge is -2.30. The van der Waals surface area contributed by atoms with Crippen LogP contribution in [0.3, 0.4) is 0 Å². The average molecular weight is 327 g/mol. The van der Waals surface area contributed by atoms with Gasteiger partial charge in [0.15, 0.2) is 0 Å². The Bertz CT molecular complexity index is 648. The summed E-state index contributed by atoms with van der Waals surface area (Å²) in [5.41, 5.74) is 3.08. The van der Waals surface area contributed by atoms with E-state index in [4.69, 9.17) is 0 Å². The van der Waals surface area contributed by atoms with Gasteiger partial charge in [0, 0.05) is 29.8 Å². The molecule has 2 amide bonds. The van der Waals surface area contributed by atoms with Crippen molar-refractivity contribution in [2.45, 2.75) is 38.5 Å². The minimum Gasteiger partial charge on any atom is -0.326 e. The molecule has 0 bridgehead atoms. The number of fused-ring (bicyclic) bond motifs is 1. The fourth-order valence-corrected chi connectivity index (χ4v) is 3.78. The quantitative estimate of drug-likeness (QED) is 0.895. The third-order valence-corrected chi connectivity index (χ3v) is 5.37. The second-order valence-corrected chi connectivity index (χ2v) is 7.22. The molecule has 5 nitrogen and oxygen atoms in total. The van der Waals surface area contributed by atoms with Crippen LogP contribution in [-0.2, 0) is 16.0 Å². The topological polar surface area (TPSA) is 61.4 Å². The van der Waals surface area contributed by atoms with Gasteiger partial charge in [-0.25, -0.2) is 0 Å². The van der Waals surface area contributed by atoms with Crippen LogP contribution >= 0.6 is 0 Å². The molecule has 0 unspecified atom stereocenters. The van der Waals surface area contributed by atoms with E-state index in [2.05, 4.69) is 16.7 Å². The Labute approximate surface area is 142 Å². The van der Waals surface area contributed by atoms with Gasteiger partial charge in [-0.3, -0.25) is 9.59 Å². The summed E-state index contributed by atoms with van der Waals surface area (Å²) >= 11 is 0. The Hall–Kier alpha value is -1.88. The van der Waals surface area contributed by atoms with E-state index in [-0.39, 0.29) is 23.7 Å². The van der Waals surface area contributed by atoms with Crippen molar-refractivity contribution in [3.8, 4) is 0 Å². The number of carbonyl (C=O) groups is 2. The molecule has 0 radical (unpaired) electrons. The van der Waals surface area contributed by atoms with Crippen LogP contribution in [0.25, 0.3) is 0 Å². The van der Waals surface area contributed by atoms with Gasteiger partial charge in [-0.2, -0.15) is 0 Å². The lowest BCUT2D eigenvalue weighted by atomic mass is 9.96. The van der Waals surface area contributed by atoms with Crippen LogP contribution in [0.5, 0.6) is 0 Å². The van der Waals surface area contributed by atoms with Gasteiger partial charge in [-0.1, -0.05) is 0 Å². The number of hydrogen-bond acceptors (Lipinski definition) is 3. The summed E-state index contributed by atoms with van der Waals surface area (Å²) in [4.78, 5) is 26.8. The first-order chi connectivity index (χ1) is 11.7. The molecule has 2 heterocycles. The monoisotopic (exact) mass is 327 g/mol. The molecule has 1 aliphatic carbocycles. The summed E-state index contributed by atoms with van der Waals surface area (Å²) < 4.78 is 0. The zero-order valence-corrected chi connectivity index (χ0v) is 14.0. The average Bonchev–Trinajstić information content (AvgIpc) is 3.46. The van der Waals surface area contributed by atoms with Crippen LogP contribution in [0, 0.1) is 11.8 Å². The SMILES string of the molecule is O=C(Nc1ccc2c(c1)CCCN2C(=O)C1CC1)C1CCNCC1. The number of amides is 2. The van der Waals surface area contributed by atoms with Crippen LogP contribution in [0.15, 0.2) is 18.2 Å². The van der Waals surface area contributed by atoms with Crippen molar-refractivity contribution in [3.63, 3.8) is 0 Å². The molecular formula is C19H25N3O2. The number of anilines is 2. The fourth-order valence-electron chi connectivity index (χ4n) is 3.78. The normalized spacial score (nSPS) is 21.2. The lowest BCUT2D eigenvalue weighted by Crippen LogP contribution is -2.36. The molecular weight excluding hydrogens is 302 g/mol. The molecule has 1 aromatic carbocycles. The largest absolute Gasteiger partial charge is 0.326 e. The predicted molar refractivity (Wildman–Crippen MR) is 94.1 cm³/mol. The highest BCUT2D eigenvalue weighted by molar-refractivity contribution is 5.98. The molecule has 2 aliphatic heterocycles. The predicted octanol–water partition coefficient (Wildman–Crippen LogP) is 2.31. The number of aryl methyl sites for hydroxylation is 1. The summed E-state index contributed by atoms with van der Waals surface area (Å²) in [5.74, 6) is 0.756. The first-order valence-corrected chi connectivity index (χ1v) is 9.18. The van der Waals surface area contributed by atoms with E-state index < -0.39 is 0 Å². The second-order valence-electron chi connectivity index (χ2n) is 7.22. The van der Waals surface area contributed by atoms with Crippen molar-refractivity contribution in [2.75, 3.05) is 29.9 Å². The van der Waals surface area contributed by atoms with Gasteiger partial charge in [0.2, 0.25) is 11.8 Å². The minimum atomic E-state index is 0.107. The molecule has 4 rings (SSSR count). The molecule has 0 spiro atoms. The van der Waals surface area contributed by atoms with Crippen LogP contribution in [-0.4, -0.2) is 31.4 Å². The summed E-state index contributed by atoms with van der Waals surface area (Å²) in [6.45, 7) is 2.66. The lowest BCUT2D eigenvalue weighted by molar-refractivity contribution is -0.121. The highest BCUT2D eigenvalue weighted by Crippen LogP contribution is 2.36. The van der Waals surface area contributed by atoms with Gasteiger partial charge in [-0.05, 0) is 75.4 Å². The third-order valence-electron chi connectivity index (χ3n) is 5.37. The zero-order valence-electron chi connectivity index (χ0n) is 14.0. The van der Waals surface area contributed by atoms with Gasteiger partial charge < -0.3 is 15.5 Å². The summed E-state index contributed by atoms with van der Waals surface area (Å²) in [6.07, 6.45) is 5.85. The van der Waals surface area contributed by atoms with E-state index in [1.165, 1.54) is 5.56 Å². The summed E-state index contributed by atoms with van der Waals surface area (Å²) in [6, 6.07) is 6.00. The maximum Gasteiger partial charge on any atom is 0.230 e. The number of piperidine rings is 1. The molecule has 24 heavy (non-hydrogen) atoms. The summed E-state index contributed by atoms with van der Waals surface area (Å²) in [7, 11) is 0. The third kappa shape index (κ3) is 3.18. The van der Waals surface area contributed by atoms with Gasteiger partial charge in [0.25, 0.3) is 0 Å². The number of carbonyl (C=O) groups excluding carboxylic acids is 2. The number of benzene rings is 1. The van der Waals surface area contributed by atoms with Crippen molar-refractivity contribution in [2.24, 2.45) is 11.8 Å². The Morgan fingerprint density at radius 2 is 1.88 bits per heavy atom. The van der Waals surface area contributed by atoms with E-state index in [1.54, 1.807) is 0 Å². The molecule has 0 atom stereocenters. The van der Waals surface area contributed by atoms with E-state index in [9.17, 15) is 9.59 Å². The molecule has 0 aromatic heterocycles. The van der Waals surface area contributed by atoms with Crippen molar-refractivity contribution in [1.82, 2.24) is 5.32 Å². The number of rotatable bonds is 3. The van der Waals surface area contributed by atoms with Crippen LogP contribution < -0.4 is 15.5 Å². The first kappa shape index (κ1) is 15.6. The smallest absolute Gasteiger partial charge is 0.230 e. The van der Waals surface area contributed by atoms with Crippen LogP contribution in [0.1, 0.15) is 37.7 Å². The molecule has 1 saturated heterocycles. The summed E-state index contributed by atoms with van der Waals surface area (Å²) in [5, 5.41) is 6.36. The standard InChI is InChI=1S/C19H25N3O2/c23-18(13-7-9-20-10-8-13)21-16-5-6-17-15(12-16)2-1-11-22(17)19(24)14-3-4-14/h5-6,12-14,20H,1-4,7-11H2,(H,21,23).